The van der Waals surface area contributed by atoms with Crippen molar-refractivity contribution in [1.82, 2.24) is 9.55 Å². The molecular weight excluding hydrogens is 408 g/mol. The number of nitrogens with zero attached hydrogens (tertiary/aromatic N) is 1. The van der Waals surface area contributed by atoms with E-state index in [1.165, 1.54) is 0 Å². The van der Waals surface area contributed by atoms with Crippen LogP contribution >= 0.6 is 0 Å². The predicted molar refractivity (Wildman–Crippen MR) is 94.3 cm³/mol. The van der Waals surface area contributed by atoms with Gasteiger partial charge in [0.05, 0.1) is 5.56 Å². The Morgan fingerprint density at radius 2 is 1.67 bits per heavy atom. The standard InChI is InChI=1S/C17H20N2O11/c1-7(20)27-6-11-14(28-8(2)21)15(29-9(3)22)13(30-11)10-4-19(5-12(23)24)17(26)18-16(10)25/h4,11,13-15H,5-6H2,1-3H3,(H,23,24)(H,18,25,26)/t11-,13+,14-,15+/m1/s1. The van der Waals surface area contributed by atoms with Gasteiger partial charge in [0.15, 0.2) is 12.2 Å². The lowest BCUT2D eigenvalue weighted by molar-refractivity contribution is -0.165. The van der Waals surface area contributed by atoms with Crippen molar-refractivity contribution >= 4 is 23.9 Å². The first-order valence-electron chi connectivity index (χ1n) is 8.68. The van der Waals surface area contributed by atoms with E-state index in [0.717, 1.165) is 27.0 Å². The van der Waals surface area contributed by atoms with Crippen molar-refractivity contribution in [2.45, 2.75) is 51.7 Å². The Bertz CT molecular complexity index is 963. The number of aromatic nitrogens is 2. The summed E-state index contributed by atoms with van der Waals surface area (Å²) in [6, 6.07) is 0. The topological polar surface area (TPSA) is 180 Å². The number of nitrogens with one attached hydrogen (secondary N) is 1. The van der Waals surface area contributed by atoms with Crippen LogP contribution in [0.4, 0.5) is 0 Å². The molecule has 1 aliphatic rings. The normalized spacial score (nSPS) is 22.9. The van der Waals surface area contributed by atoms with Crippen LogP contribution in [0.25, 0.3) is 0 Å². The molecule has 164 valence electrons. The molecule has 1 aromatic heterocycles. The molecule has 1 fully saturated rings. The summed E-state index contributed by atoms with van der Waals surface area (Å²) < 4.78 is 21.7. The van der Waals surface area contributed by atoms with Crippen molar-refractivity contribution in [1.29, 1.82) is 0 Å². The van der Waals surface area contributed by atoms with Crippen molar-refractivity contribution in [3.8, 4) is 0 Å². The fourth-order valence-electron chi connectivity index (χ4n) is 2.96. The minimum absolute atomic E-state index is 0.246. The molecule has 13 heteroatoms. The third-order valence-electron chi connectivity index (χ3n) is 4.02. The van der Waals surface area contributed by atoms with Crippen molar-refractivity contribution in [2.24, 2.45) is 0 Å². The van der Waals surface area contributed by atoms with Crippen LogP contribution in [0.5, 0.6) is 0 Å². The molecule has 0 unspecified atom stereocenters. The quantitative estimate of drug-likeness (QED) is 0.380. The van der Waals surface area contributed by atoms with Gasteiger partial charge in [-0.25, -0.2) is 4.79 Å². The zero-order valence-electron chi connectivity index (χ0n) is 16.3. The van der Waals surface area contributed by atoms with E-state index in [9.17, 15) is 28.8 Å². The molecule has 2 N–H and O–H groups in total. The van der Waals surface area contributed by atoms with Gasteiger partial charge in [-0.05, 0) is 0 Å². The zero-order valence-corrected chi connectivity index (χ0v) is 16.3. The minimum atomic E-state index is -1.34. The third-order valence-corrected chi connectivity index (χ3v) is 4.02. The highest BCUT2D eigenvalue weighted by Gasteiger charge is 2.51. The van der Waals surface area contributed by atoms with Gasteiger partial charge in [0, 0.05) is 27.0 Å². The number of ether oxygens (including phenoxy) is 4. The summed E-state index contributed by atoms with van der Waals surface area (Å²) in [5, 5.41) is 8.93. The molecule has 0 spiro atoms. The molecule has 30 heavy (non-hydrogen) atoms. The molecule has 13 nitrogen and oxygen atoms in total. The van der Waals surface area contributed by atoms with Crippen LogP contribution in [0, 0.1) is 0 Å². The lowest BCUT2D eigenvalue weighted by Gasteiger charge is -2.23. The van der Waals surface area contributed by atoms with Crippen LogP contribution in [0.1, 0.15) is 32.4 Å². The van der Waals surface area contributed by atoms with Crippen LogP contribution < -0.4 is 11.2 Å². The van der Waals surface area contributed by atoms with Gasteiger partial charge in [-0.2, -0.15) is 0 Å². The number of aliphatic carboxylic acids is 1. The molecule has 2 rings (SSSR count). The Kier molecular flexibility index (Phi) is 7.10. The number of rotatable bonds is 7. The van der Waals surface area contributed by atoms with Crippen LogP contribution in [0.2, 0.25) is 0 Å². The van der Waals surface area contributed by atoms with E-state index in [2.05, 4.69) is 0 Å². The van der Waals surface area contributed by atoms with Gasteiger partial charge in [0.2, 0.25) is 0 Å². The number of hydrogen-bond acceptors (Lipinski definition) is 10. The van der Waals surface area contributed by atoms with Gasteiger partial charge in [-0.15, -0.1) is 0 Å². The highest BCUT2D eigenvalue weighted by atomic mass is 16.6. The molecule has 1 aliphatic heterocycles. The second-order valence-corrected chi connectivity index (χ2v) is 6.41. The molecular formula is C17H20N2O11. The number of esters is 3. The lowest BCUT2D eigenvalue weighted by Crippen LogP contribution is -2.41. The fraction of sp³-hybridized carbons (Fsp3) is 0.529. The summed E-state index contributed by atoms with van der Waals surface area (Å²) in [5.41, 5.74) is -2.13. The number of carbonyl (C=O) groups is 4. The summed E-state index contributed by atoms with van der Waals surface area (Å²) in [6.07, 6.45) is -4.07. The van der Waals surface area contributed by atoms with Gasteiger partial charge in [0.1, 0.15) is 25.4 Å². The molecule has 1 saturated heterocycles. The SMILES string of the molecule is CC(=O)OC[C@H]1O[C@@H](c2cn(CC(=O)O)c(=O)[nH]c2=O)[C@H](OC(C)=O)[C@@H]1OC(C)=O. The monoisotopic (exact) mass is 428 g/mol. The number of aromatic amines is 1. The number of carboxylic acids is 1. The lowest BCUT2D eigenvalue weighted by atomic mass is 10.0. The minimum Gasteiger partial charge on any atom is -0.480 e. The Morgan fingerprint density at radius 1 is 1.07 bits per heavy atom. The van der Waals surface area contributed by atoms with Crippen LogP contribution in [-0.4, -0.2) is 63.5 Å². The average molecular weight is 428 g/mol. The second kappa shape index (κ2) is 9.35. The van der Waals surface area contributed by atoms with E-state index < -0.39 is 66.1 Å². The highest BCUT2D eigenvalue weighted by Crippen LogP contribution is 2.36. The van der Waals surface area contributed by atoms with Gasteiger partial charge >= 0.3 is 29.6 Å². The van der Waals surface area contributed by atoms with Crippen LogP contribution in [-0.2, 0) is 44.7 Å². The van der Waals surface area contributed by atoms with Crippen molar-refractivity contribution < 1.29 is 43.2 Å². The first-order valence-corrected chi connectivity index (χ1v) is 8.68. The smallest absolute Gasteiger partial charge is 0.328 e. The largest absolute Gasteiger partial charge is 0.480 e. The maximum absolute atomic E-state index is 12.4. The second-order valence-electron chi connectivity index (χ2n) is 6.41. The summed E-state index contributed by atoms with van der Waals surface area (Å²) in [4.78, 5) is 71.4. The predicted octanol–water partition coefficient (Wildman–Crippen LogP) is -1.51. The Balaban J connectivity index is 2.52. The number of carbonyl (C=O) groups excluding carboxylic acids is 3. The first-order chi connectivity index (χ1) is 14.0. The van der Waals surface area contributed by atoms with Gasteiger partial charge in [0.25, 0.3) is 5.56 Å². The summed E-state index contributed by atoms with van der Waals surface area (Å²) in [6.45, 7) is 2.19. The zero-order chi connectivity index (χ0) is 22.6. The maximum Gasteiger partial charge on any atom is 0.328 e. The average Bonchev–Trinajstić information content (AvgIpc) is 2.91. The Labute approximate surface area is 168 Å². The highest BCUT2D eigenvalue weighted by molar-refractivity contribution is 5.68. The third kappa shape index (κ3) is 5.53. The molecule has 4 atom stereocenters. The van der Waals surface area contributed by atoms with Crippen molar-refractivity contribution in [2.75, 3.05) is 6.61 Å². The number of hydrogen-bond donors (Lipinski definition) is 2. The van der Waals surface area contributed by atoms with E-state index in [-0.39, 0.29) is 12.2 Å². The molecule has 1 aromatic rings. The van der Waals surface area contributed by atoms with E-state index in [1.54, 1.807) is 0 Å². The van der Waals surface area contributed by atoms with E-state index >= 15 is 0 Å². The van der Waals surface area contributed by atoms with Crippen molar-refractivity contribution in [3.63, 3.8) is 0 Å². The number of carboxylic acid groups (broad SMARTS) is 1. The molecule has 0 saturated carbocycles. The fourth-order valence-corrected chi connectivity index (χ4v) is 2.96. The summed E-state index contributed by atoms with van der Waals surface area (Å²) in [5.74, 6) is -3.53. The Hall–Kier alpha value is -3.48. The summed E-state index contributed by atoms with van der Waals surface area (Å²) >= 11 is 0. The van der Waals surface area contributed by atoms with Crippen LogP contribution in [0.3, 0.4) is 0 Å². The van der Waals surface area contributed by atoms with E-state index in [1.807, 2.05) is 4.98 Å². The van der Waals surface area contributed by atoms with E-state index in [4.69, 9.17) is 24.1 Å². The molecule has 0 amide bonds. The number of H-pyrrole nitrogens is 1. The molecule has 2 heterocycles. The van der Waals surface area contributed by atoms with E-state index in [0.29, 0.717) is 4.57 Å². The van der Waals surface area contributed by atoms with Crippen LogP contribution in [0.15, 0.2) is 15.8 Å². The van der Waals surface area contributed by atoms with Gasteiger partial charge < -0.3 is 24.1 Å². The molecule has 0 aliphatic carbocycles. The first kappa shape index (κ1) is 22.8. The molecule has 0 bridgehead atoms. The van der Waals surface area contributed by atoms with Gasteiger partial charge in [-0.1, -0.05) is 0 Å². The molecule has 0 aromatic carbocycles. The van der Waals surface area contributed by atoms with Gasteiger partial charge in [-0.3, -0.25) is 33.5 Å². The Morgan fingerprint density at radius 3 is 2.20 bits per heavy atom. The molecule has 0 radical (unpaired) electrons. The maximum atomic E-state index is 12.4. The summed E-state index contributed by atoms with van der Waals surface area (Å²) in [7, 11) is 0. The van der Waals surface area contributed by atoms with Crippen molar-refractivity contribution in [3.05, 3.63) is 32.6 Å².